The first kappa shape index (κ1) is 13.8. The average Bonchev–Trinajstić information content (AvgIpc) is 2.22. The molecule has 0 amide bonds. The van der Waals surface area contributed by atoms with Crippen molar-refractivity contribution in [1.82, 2.24) is 5.23 Å². The van der Waals surface area contributed by atoms with E-state index in [1.54, 1.807) is 0 Å². The maximum absolute atomic E-state index is 8.57. The van der Waals surface area contributed by atoms with E-state index in [-0.39, 0.29) is 32.7 Å². The predicted molar refractivity (Wildman–Crippen MR) is 49.0 cm³/mol. The van der Waals surface area contributed by atoms with Gasteiger partial charge in [-0.25, -0.2) is 0 Å². The summed E-state index contributed by atoms with van der Waals surface area (Å²) < 4.78 is 5.07. The number of ether oxygens (including phenoxy) is 1. The van der Waals surface area contributed by atoms with Gasteiger partial charge in [0.25, 0.3) is 0 Å². The molecule has 0 spiro atoms. The van der Waals surface area contributed by atoms with Gasteiger partial charge >= 0.3 is 0 Å². The summed E-state index contributed by atoms with van der Waals surface area (Å²) in [5.41, 5.74) is 0. The minimum atomic E-state index is -0.340. The van der Waals surface area contributed by atoms with Crippen LogP contribution in [0, 0.1) is 0 Å². The highest BCUT2D eigenvalue weighted by Crippen LogP contribution is 2.06. The number of hydroxylamine groups is 2. The summed E-state index contributed by atoms with van der Waals surface area (Å²) in [5.74, 6) is 0. The van der Waals surface area contributed by atoms with E-state index in [9.17, 15) is 0 Å². The van der Waals surface area contributed by atoms with Gasteiger partial charge in [-0.3, -0.25) is 9.68 Å². The molecule has 1 unspecified atom stereocenters. The fraction of sp³-hybridized carbons (Fsp3) is 1.00. The molecule has 2 N–H and O–H groups in total. The summed E-state index contributed by atoms with van der Waals surface area (Å²) in [5, 5.41) is 18.3. The molecule has 0 aromatic rings. The molecule has 6 nitrogen and oxygen atoms in total. The molecule has 86 valence electrons. The standard InChI is InChI=1S/C8H19NO5/c1-3-8(12-2)9(13-6-4-10)14-7-5-11/h8,10-11H,3-7H2,1-2H3. The van der Waals surface area contributed by atoms with Gasteiger partial charge in [-0.1, -0.05) is 6.92 Å². The van der Waals surface area contributed by atoms with Crippen LogP contribution in [0.4, 0.5) is 0 Å². The SMILES string of the molecule is CCC(OC)N(OCCO)OCCO. The van der Waals surface area contributed by atoms with E-state index in [1.807, 2.05) is 6.92 Å². The van der Waals surface area contributed by atoms with Crippen molar-refractivity contribution in [2.45, 2.75) is 19.6 Å². The molecule has 0 bridgehead atoms. The first-order valence-corrected chi connectivity index (χ1v) is 4.59. The molecule has 0 saturated heterocycles. The third-order valence-electron chi connectivity index (χ3n) is 1.48. The van der Waals surface area contributed by atoms with E-state index < -0.39 is 0 Å². The summed E-state index contributed by atoms with van der Waals surface area (Å²) in [6.45, 7) is 1.97. The van der Waals surface area contributed by atoms with Crippen molar-refractivity contribution in [3.8, 4) is 0 Å². The van der Waals surface area contributed by atoms with Crippen LogP contribution in [0.25, 0.3) is 0 Å². The fourth-order valence-electron chi connectivity index (χ4n) is 0.867. The number of aliphatic hydroxyl groups is 2. The molecular formula is C8H19NO5. The van der Waals surface area contributed by atoms with Gasteiger partial charge in [0.15, 0.2) is 6.23 Å². The van der Waals surface area contributed by atoms with Crippen LogP contribution in [0.1, 0.15) is 13.3 Å². The lowest BCUT2D eigenvalue weighted by molar-refractivity contribution is -0.423. The molecule has 0 heterocycles. The van der Waals surface area contributed by atoms with Crippen LogP contribution in [0.15, 0.2) is 0 Å². The maximum Gasteiger partial charge on any atom is 0.159 e. The van der Waals surface area contributed by atoms with Gasteiger partial charge in [0, 0.05) is 7.11 Å². The van der Waals surface area contributed by atoms with Crippen LogP contribution < -0.4 is 0 Å². The Bertz CT molecular complexity index is 112. The quantitative estimate of drug-likeness (QED) is 0.395. The summed E-state index contributed by atoms with van der Waals surface area (Å²) in [4.78, 5) is 10.1. The van der Waals surface area contributed by atoms with E-state index >= 15 is 0 Å². The number of hydrogen-bond donors (Lipinski definition) is 2. The largest absolute Gasteiger partial charge is 0.394 e. The Hall–Kier alpha value is -0.240. The molecule has 0 fully saturated rings. The van der Waals surface area contributed by atoms with E-state index in [2.05, 4.69) is 0 Å². The number of nitrogens with zero attached hydrogens (tertiary/aromatic N) is 1. The van der Waals surface area contributed by atoms with Crippen LogP contribution in [0.5, 0.6) is 0 Å². The number of hydrogen-bond acceptors (Lipinski definition) is 6. The highest BCUT2D eigenvalue weighted by Gasteiger charge is 2.17. The Morgan fingerprint density at radius 2 is 1.64 bits per heavy atom. The highest BCUT2D eigenvalue weighted by atomic mass is 17.0. The van der Waals surface area contributed by atoms with Gasteiger partial charge < -0.3 is 14.9 Å². The minimum absolute atomic E-state index is 0.0981. The Kier molecular flexibility index (Phi) is 9.16. The summed E-state index contributed by atoms with van der Waals surface area (Å²) in [7, 11) is 1.53. The molecule has 14 heavy (non-hydrogen) atoms. The lowest BCUT2D eigenvalue weighted by atomic mass is 10.4. The lowest BCUT2D eigenvalue weighted by Gasteiger charge is -2.26. The van der Waals surface area contributed by atoms with Crippen molar-refractivity contribution in [1.29, 1.82) is 0 Å². The maximum atomic E-state index is 8.57. The van der Waals surface area contributed by atoms with Crippen molar-refractivity contribution < 1.29 is 24.6 Å². The predicted octanol–water partition coefficient (Wildman–Crippen LogP) is -0.481. The average molecular weight is 209 g/mol. The molecule has 0 rings (SSSR count). The van der Waals surface area contributed by atoms with Gasteiger partial charge in [-0.15, -0.1) is 0 Å². The minimum Gasteiger partial charge on any atom is -0.394 e. The van der Waals surface area contributed by atoms with Crippen molar-refractivity contribution in [3.63, 3.8) is 0 Å². The zero-order valence-corrected chi connectivity index (χ0v) is 8.68. The highest BCUT2D eigenvalue weighted by molar-refractivity contribution is 4.42. The van der Waals surface area contributed by atoms with Gasteiger partial charge in [0.2, 0.25) is 0 Å². The second-order valence-corrected chi connectivity index (χ2v) is 2.50. The molecule has 0 aromatic heterocycles. The first-order valence-electron chi connectivity index (χ1n) is 4.59. The van der Waals surface area contributed by atoms with Gasteiger partial charge in [0.1, 0.15) is 0 Å². The summed E-state index contributed by atoms with van der Waals surface area (Å²) in [6, 6.07) is 0. The fourth-order valence-corrected chi connectivity index (χ4v) is 0.867. The van der Waals surface area contributed by atoms with Crippen molar-refractivity contribution in [2.24, 2.45) is 0 Å². The number of aliphatic hydroxyl groups excluding tert-OH is 2. The van der Waals surface area contributed by atoms with Crippen LogP contribution in [0.2, 0.25) is 0 Å². The molecule has 0 radical (unpaired) electrons. The summed E-state index contributed by atoms with van der Waals surface area (Å²) in [6.07, 6.45) is 0.334. The Morgan fingerprint density at radius 1 is 1.14 bits per heavy atom. The number of methoxy groups -OCH3 is 1. The molecule has 0 saturated carbocycles. The van der Waals surface area contributed by atoms with Gasteiger partial charge in [-0.2, -0.15) is 0 Å². The van der Waals surface area contributed by atoms with Crippen molar-refractivity contribution in [3.05, 3.63) is 0 Å². The third kappa shape index (κ3) is 5.48. The topological polar surface area (TPSA) is 71.4 Å². The normalized spacial score (nSPS) is 13.5. The van der Waals surface area contributed by atoms with E-state index in [0.717, 1.165) is 5.23 Å². The van der Waals surface area contributed by atoms with E-state index in [4.69, 9.17) is 24.6 Å². The molecule has 6 heteroatoms. The van der Waals surface area contributed by atoms with Gasteiger partial charge in [0.05, 0.1) is 26.4 Å². The molecular weight excluding hydrogens is 190 g/mol. The van der Waals surface area contributed by atoms with Crippen molar-refractivity contribution >= 4 is 0 Å². The molecule has 0 aliphatic heterocycles. The van der Waals surface area contributed by atoms with Crippen LogP contribution in [0.3, 0.4) is 0 Å². The number of rotatable bonds is 9. The van der Waals surface area contributed by atoms with E-state index in [0.29, 0.717) is 6.42 Å². The molecule has 0 aliphatic rings. The third-order valence-corrected chi connectivity index (χ3v) is 1.48. The zero-order chi connectivity index (χ0) is 10.8. The smallest absolute Gasteiger partial charge is 0.159 e. The van der Waals surface area contributed by atoms with Crippen LogP contribution in [-0.2, 0) is 14.4 Å². The van der Waals surface area contributed by atoms with Crippen LogP contribution >= 0.6 is 0 Å². The Morgan fingerprint density at radius 3 is 1.93 bits per heavy atom. The monoisotopic (exact) mass is 209 g/mol. The van der Waals surface area contributed by atoms with Crippen LogP contribution in [-0.4, -0.2) is 55.2 Å². The first-order chi connectivity index (χ1) is 6.79. The Balaban J connectivity index is 3.92. The molecule has 0 aromatic carbocycles. The molecule has 0 aliphatic carbocycles. The summed E-state index contributed by atoms with van der Waals surface area (Å²) >= 11 is 0. The lowest BCUT2D eigenvalue weighted by Crippen LogP contribution is -2.37. The van der Waals surface area contributed by atoms with E-state index in [1.165, 1.54) is 7.11 Å². The molecule has 1 atom stereocenters. The second kappa shape index (κ2) is 9.32. The Labute approximate surface area is 83.9 Å². The van der Waals surface area contributed by atoms with Crippen molar-refractivity contribution in [2.75, 3.05) is 33.5 Å². The van der Waals surface area contributed by atoms with Gasteiger partial charge in [-0.05, 0) is 11.6 Å². The zero-order valence-electron chi connectivity index (χ0n) is 8.68. The second-order valence-electron chi connectivity index (χ2n) is 2.50.